The highest BCUT2D eigenvalue weighted by atomic mass is 14.7. The molecule has 0 aliphatic heterocycles. The van der Waals surface area contributed by atoms with Crippen LogP contribution < -0.4 is 5.73 Å². The second kappa shape index (κ2) is 13.4. The molecule has 2 N–H and O–H groups in total. The van der Waals surface area contributed by atoms with Gasteiger partial charge in [0.2, 0.25) is 0 Å². The van der Waals surface area contributed by atoms with Gasteiger partial charge in [0.05, 0.1) is 0 Å². The molecule has 132 valence electrons. The standard InChI is InChI=1S/C21H38N2/c1-3-5-7-9-11-13-15-19-17-23-18-20(21(19)22)16-14-12-10-8-6-4-2/h17-18H,3-16H2,1-2H3,(H2,22,23). The normalized spacial score (nSPS) is 11.0. The van der Waals surface area contributed by atoms with E-state index >= 15 is 0 Å². The molecule has 0 aromatic carbocycles. The van der Waals surface area contributed by atoms with E-state index in [4.69, 9.17) is 5.73 Å². The lowest BCUT2D eigenvalue weighted by molar-refractivity contribution is 0.604. The van der Waals surface area contributed by atoms with Gasteiger partial charge in [-0.2, -0.15) is 0 Å². The van der Waals surface area contributed by atoms with Gasteiger partial charge >= 0.3 is 0 Å². The Morgan fingerprint density at radius 3 is 1.48 bits per heavy atom. The van der Waals surface area contributed by atoms with Gasteiger partial charge in [0.15, 0.2) is 0 Å². The average Bonchev–Trinajstić information content (AvgIpc) is 2.56. The van der Waals surface area contributed by atoms with Crippen LogP contribution in [0.15, 0.2) is 12.4 Å². The zero-order valence-electron chi connectivity index (χ0n) is 15.6. The van der Waals surface area contributed by atoms with Gasteiger partial charge in [-0.3, -0.25) is 4.98 Å². The molecule has 0 unspecified atom stereocenters. The molecule has 0 bridgehead atoms. The van der Waals surface area contributed by atoms with Gasteiger partial charge in [-0.05, 0) is 36.8 Å². The second-order valence-electron chi connectivity index (χ2n) is 6.91. The topological polar surface area (TPSA) is 38.9 Å². The van der Waals surface area contributed by atoms with Crippen LogP contribution >= 0.6 is 0 Å². The number of hydrogen-bond acceptors (Lipinski definition) is 2. The third-order valence-electron chi connectivity index (χ3n) is 4.75. The van der Waals surface area contributed by atoms with Gasteiger partial charge in [0, 0.05) is 18.1 Å². The van der Waals surface area contributed by atoms with Crippen molar-refractivity contribution >= 4 is 5.69 Å². The van der Waals surface area contributed by atoms with E-state index in [0.717, 1.165) is 18.5 Å². The minimum Gasteiger partial charge on any atom is -0.398 e. The molecule has 0 radical (unpaired) electrons. The average molecular weight is 319 g/mol. The van der Waals surface area contributed by atoms with Crippen LogP contribution in [-0.4, -0.2) is 4.98 Å². The number of nitrogens with two attached hydrogens (primary N) is 1. The first-order valence-corrected chi connectivity index (χ1v) is 10.0. The Hall–Kier alpha value is -1.05. The maximum absolute atomic E-state index is 6.37. The van der Waals surface area contributed by atoms with Crippen LogP contribution in [0.5, 0.6) is 0 Å². The van der Waals surface area contributed by atoms with Crippen LogP contribution in [0, 0.1) is 0 Å². The number of rotatable bonds is 14. The van der Waals surface area contributed by atoms with Crippen molar-refractivity contribution < 1.29 is 0 Å². The molecule has 2 nitrogen and oxygen atoms in total. The number of nitrogen functional groups attached to an aromatic ring is 1. The van der Waals surface area contributed by atoms with Crippen molar-refractivity contribution in [3.05, 3.63) is 23.5 Å². The molecule has 0 fully saturated rings. The lowest BCUT2D eigenvalue weighted by atomic mass is 10.00. The van der Waals surface area contributed by atoms with E-state index < -0.39 is 0 Å². The number of nitrogens with zero attached hydrogens (tertiary/aromatic N) is 1. The first kappa shape index (κ1) is 20.0. The Morgan fingerprint density at radius 1 is 0.652 bits per heavy atom. The maximum atomic E-state index is 6.37. The highest BCUT2D eigenvalue weighted by molar-refractivity contribution is 5.52. The smallest absolute Gasteiger partial charge is 0.0410 e. The Morgan fingerprint density at radius 2 is 1.04 bits per heavy atom. The van der Waals surface area contributed by atoms with Crippen molar-refractivity contribution in [3.8, 4) is 0 Å². The first-order chi connectivity index (χ1) is 11.3. The zero-order chi connectivity index (χ0) is 16.8. The largest absolute Gasteiger partial charge is 0.398 e. The van der Waals surface area contributed by atoms with E-state index in [9.17, 15) is 0 Å². The summed E-state index contributed by atoms with van der Waals surface area (Å²) in [5, 5.41) is 0. The van der Waals surface area contributed by atoms with Crippen LogP contribution in [0.2, 0.25) is 0 Å². The molecular formula is C21H38N2. The molecule has 0 spiro atoms. The van der Waals surface area contributed by atoms with Crippen molar-refractivity contribution in [2.75, 3.05) is 5.73 Å². The third-order valence-corrected chi connectivity index (χ3v) is 4.75. The molecule has 2 heteroatoms. The molecule has 1 rings (SSSR count). The Kier molecular flexibility index (Phi) is 11.6. The van der Waals surface area contributed by atoms with Crippen LogP contribution in [0.4, 0.5) is 5.69 Å². The molecule has 1 aromatic heterocycles. The van der Waals surface area contributed by atoms with Crippen molar-refractivity contribution in [1.29, 1.82) is 0 Å². The highest BCUT2D eigenvalue weighted by Gasteiger charge is 2.06. The van der Waals surface area contributed by atoms with E-state index in [2.05, 4.69) is 18.8 Å². The van der Waals surface area contributed by atoms with Crippen molar-refractivity contribution in [1.82, 2.24) is 4.98 Å². The molecule has 0 atom stereocenters. The lowest BCUT2D eigenvalue weighted by Crippen LogP contribution is -2.02. The first-order valence-electron chi connectivity index (χ1n) is 10.0. The SMILES string of the molecule is CCCCCCCCc1cncc(CCCCCCCC)c1N. The zero-order valence-corrected chi connectivity index (χ0v) is 15.6. The lowest BCUT2D eigenvalue weighted by Gasteiger charge is -2.10. The summed E-state index contributed by atoms with van der Waals surface area (Å²) < 4.78 is 0. The summed E-state index contributed by atoms with van der Waals surface area (Å²) in [5.74, 6) is 0. The Labute approximate surface area is 144 Å². The van der Waals surface area contributed by atoms with Gasteiger partial charge < -0.3 is 5.73 Å². The summed E-state index contributed by atoms with van der Waals surface area (Å²) in [6, 6.07) is 0. The monoisotopic (exact) mass is 318 g/mol. The summed E-state index contributed by atoms with van der Waals surface area (Å²) >= 11 is 0. The molecule has 0 saturated carbocycles. The molecule has 0 amide bonds. The van der Waals surface area contributed by atoms with E-state index in [0.29, 0.717) is 0 Å². The maximum Gasteiger partial charge on any atom is 0.0410 e. The number of aryl methyl sites for hydroxylation is 2. The fraction of sp³-hybridized carbons (Fsp3) is 0.762. The van der Waals surface area contributed by atoms with Gasteiger partial charge in [0.25, 0.3) is 0 Å². The quantitative estimate of drug-likeness (QED) is 0.399. The number of hydrogen-bond donors (Lipinski definition) is 1. The van der Waals surface area contributed by atoms with Crippen LogP contribution in [0.25, 0.3) is 0 Å². The Bertz CT molecular complexity index is 367. The predicted molar refractivity (Wildman–Crippen MR) is 103 cm³/mol. The minimum atomic E-state index is 1.02. The van der Waals surface area contributed by atoms with Gasteiger partial charge in [-0.1, -0.05) is 78.1 Å². The molecule has 0 aliphatic carbocycles. The van der Waals surface area contributed by atoms with E-state index in [-0.39, 0.29) is 0 Å². The summed E-state index contributed by atoms with van der Waals surface area (Å²) in [6.45, 7) is 4.53. The molecule has 1 aromatic rings. The molecule has 1 heterocycles. The van der Waals surface area contributed by atoms with Crippen LogP contribution in [0.1, 0.15) is 102 Å². The molecular weight excluding hydrogens is 280 g/mol. The second-order valence-corrected chi connectivity index (χ2v) is 6.91. The molecule has 23 heavy (non-hydrogen) atoms. The number of pyridine rings is 1. The highest BCUT2D eigenvalue weighted by Crippen LogP contribution is 2.21. The Balaban J connectivity index is 2.27. The number of unbranched alkanes of at least 4 members (excludes halogenated alkanes) is 10. The van der Waals surface area contributed by atoms with Crippen LogP contribution in [0.3, 0.4) is 0 Å². The fourth-order valence-electron chi connectivity index (χ4n) is 3.15. The predicted octanol–water partition coefficient (Wildman–Crippen LogP) is 6.47. The molecule has 0 saturated heterocycles. The van der Waals surface area contributed by atoms with Crippen LogP contribution in [-0.2, 0) is 12.8 Å². The summed E-state index contributed by atoms with van der Waals surface area (Å²) in [5.41, 5.74) is 9.92. The van der Waals surface area contributed by atoms with Gasteiger partial charge in [-0.15, -0.1) is 0 Å². The summed E-state index contributed by atoms with van der Waals surface area (Å²) in [6.07, 6.45) is 22.1. The van der Waals surface area contributed by atoms with Gasteiger partial charge in [-0.25, -0.2) is 0 Å². The number of anilines is 1. The third kappa shape index (κ3) is 8.98. The summed E-state index contributed by atoms with van der Waals surface area (Å²) in [7, 11) is 0. The molecule has 0 aliphatic rings. The van der Waals surface area contributed by atoms with Gasteiger partial charge in [0.1, 0.15) is 0 Å². The van der Waals surface area contributed by atoms with Crippen molar-refractivity contribution in [3.63, 3.8) is 0 Å². The number of aromatic nitrogens is 1. The van der Waals surface area contributed by atoms with E-state index in [1.54, 1.807) is 0 Å². The minimum absolute atomic E-state index is 1.02. The van der Waals surface area contributed by atoms with E-state index in [1.165, 1.54) is 88.2 Å². The van der Waals surface area contributed by atoms with E-state index in [1.807, 2.05) is 12.4 Å². The summed E-state index contributed by atoms with van der Waals surface area (Å²) in [4.78, 5) is 4.42. The van der Waals surface area contributed by atoms with Crippen molar-refractivity contribution in [2.24, 2.45) is 0 Å². The van der Waals surface area contributed by atoms with Crippen molar-refractivity contribution in [2.45, 2.75) is 104 Å². The fourth-order valence-corrected chi connectivity index (χ4v) is 3.15.